The number of carbonyl (C=O) groups is 1. The smallest absolute Gasteiger partial charge is 0.330 e. The quantitative estimate of drug-likeness (QED) is 0.753. The molecule has 1 aromatic carbocycles. The molecule has 0 aliphatic heterocycles. The van der Waals surface area contributed by atoms with Crippen LogP contribution in [-0.2, 0) is 11.2 Å². The van der Waals surface area contributed by atoms with E-state index in [1.807, 2.05) is 18.2 Å². The minimum atomic E-state index is -0.832. The van der Waals surface area contributed by atoms with Crippen LogP contribution in [0.15, 0.2) is 42.0 Å². The molecular formula is C15H21NO2. The first-order valence-electron chi connectivity index (χ1n) is 6.22. The van der Waals surface area contributed by atoms with Crippen molar-refractivity contribution in [1.29, 1.82) is 0 Å². The van der Waals surface area contributed by atoms with Gasteiger partial charge in [0.05, 0.1) is 0 Å². The molecule has 0 saturated carbocycles. The molecule has 0 spiro atoms. The molecule has 18 heavy (non-hydrogen) atoms. The Kier molecular flexibility index (Phi) is 6.15. The Morgan fingerprint density at radius 3 is 2.56 bits per heavy atom. The van der Waals surface area contributed by atoms with Crippen molar-refractivity contribution in [3.05, 3.63) is 47.5 Å². The first-order chi connectivity index (χ1) is 8.59. The zero-order chi connectivity index (χ0) is 13.4. The summed E-state index contributed by atoms with van der Waals surface area (Å²) in [5.74, 6) is -0.832. The van der Waals surface area contributed by atoms with Crippen molar-refractivity contribution in [2.75, 3.05) is 20.1 Å². The molecular weight excluding hydrogens is 226 g/mol. The number of carboxylic acids is 1. The van der Waals surface area contributed by atoms with E-state index in [9.17, 15) is 4.79 Å². The van der Waals surface area contributed by atoms with Gasteiger partial charge in [-0.3, -0.25) is 0 Å². The number of hydrogen-bond acceptors (Lipinski definition) is 2. The fourth-order valence-corrected chi connectivity index (χ4v) is 1.67. The molecule has 0 fully saturated rings. The van der Waals surface area contributed by atoms with Crippen molar-refractivity contribution in [3.63, 3.8) is 0 Å². The number of benzene rings is 1. The van der Waals surface area contributed by atoms with Crippen LogP contribution >= 0.6 is 0 Å². The van der Waals surface area contributed by atoms with E-state index in [0.717, 1.165) is 25.9 Å². The summed E-state index contributed by atoms with van der Waals surface area (Å²) in [5, 5.41) is 8.72. The maximum Gasteiger partial charge on any atom is 0.330 e. The molecule has 1 N–H and O–H groups in total. The molecule has 0 saturated heterocycles. The molecule has 0 amide bonds. The summed E-state index contributed by atoms with van der Waals surface area (Å²) in [4.78, 5) is 12.8. The average molecular weight is 247 g/mol. The van der Waals surface area contributed by atoms with Gasteiger partial charge in [-0.2, -0.15) is 0 Å². The lowest BCUT2D eigenvalue weighted by Crippen LogP contribution is -2.22. The SMILES string of the molecule is CC(=CCCN(C)CCc1ccccc1)C(=O)O. The molecule has 0 bridgehead atoms. The number of likely N-dealkylation sites (N-methyl/N-ethyl adjacent to an activating group) is 1. The Hall–Kier alpha value is -1.61. The summed E-state index contributed by atoms with van der Waals surface area (Å²) in [6.45, 7) is 3.51. The van der Waals surface area contributed by atoms with E-state index in [2.05, 4.69) is 24.1 Å². The van der Waals surface area contributed by atoms with Crippen LogP contribution in [0.1, 0.15) is 18.9 Å². The van der Waals surface area contributed by atoms with Crippen molar-refractivity contribution < 1.29 is 9.90 Å². The number of hydrogen-bond donors (Lipinski definition) is 1. The van der Waals surface area contributed by atoms with Gasteiger partial charge in [0.2, 0.25) is 0 Å². The molecule has 3 nitrogen and oxygen atoms in total. The van der Waals surface area contributed by atoms with Crippen LogP contribution in [-0.4, -0.2) is 36.1 Å². The normalized spacial score (nSPS) is 11.8. The molecule has 1 aromatic rings. The van der Waals surface area contributed by atoms with Crippen LogP contribution in [0.5, 0.6) is 0 Å². The summed E-state index contributed by atoms with van der Waals surface area (Å²) < 4.78 is 0. The second-order valence-electron chi connectivity index (χ2n) is 4.52. The largest absolute Gasteiger partial charge is 0.478 e. The molecule has 0 unspecified atom stereocenters. The van der Waals surface area contributed by atoms with Gasteiger partial charge in [-0.25, -0.2) is 4.79 Å². The van der Waals surface area contributed by atoms with E-state index < -0.39 is 5.97 Å². The van der Waals surface area contributed by atoms with Gasteiger partial charge in [-0.15, -0.1) is 0 Å². The van der Waals surface area contributed by atoms with Crippen LogP contribution in [0, 0.1) is 0 Å². The number of rotatable bonds is 7. The molecule has 98 valence electrons. The standard InChI is InChI=1S/C15H21NO2/c1-13(15(17)18)7-6-11-16(2)12-10-14-8-4-3-5-9-14/h3-5,7-9H,6,10-12H2,1-2H3,(H,17,18). The lowest BCUT2D eigenvalue weighted by molar-refractivity contribution is -0.132. The zero-order valence-corrected chi connectivity index (χ0v) is 11.1. The van der Waals surface area contributed by atoms with Gasteiger partial charge in [0, 0.05) is 18.7 Å². The van der Waals surface area contributed by atoms with Gasteiger partial charge in [-0.05, 0) is 32.4 Å². The van der Waals surface area contributed by atoms with Crippen LogP contribution in [0.4, 0.5) is 0 Å². The highest BCUT2D eigenvalue weighted by Gasteiger charge is 2.01. The maximum absolute atomic E-state index is 10.6. The third kappa shape index (κ3) is 5.64. The highest BCUT2D eigenvalue weighted by Crippen LogP contribution is 2.02. The monoisotopic (exact) mass is 247 g/mol. The van der Waals surface area contributed by atoms with E-state index in [1.54, 1.807) is 13.0 Å². The van der Waals surface area contributed by atoms with Gasteiger partial charge in [0.25, 0.3) is 0 Å². The number of aliphatic carboxylic acids is 1. The minimum absolute atomic E-state index is 0.423. The Balaban J connectivity index is 2.24. The van der Waals surface area contributed by atoms with Gasteiger partial charge < -0.3 is 10.0 Å². The Morgan fingerprint density at radius 1 is 1.28 bits per heavy atom. The predicted octanol–water partition coefficient (Wildman–Crippen LogP) is 2.58. The summed E-state index contributed by atoms with van der Waals surface area (Å²) in [5.41, 5.74) is 1.76. The van der Waals surface area contributed by atoms with E-state index in [-0.39, 0.29) is 0 Å². The number of nitrogens with zero attached hydrogens (tertiary/aromatic N) is 1. The minimum Gasteiger partial charge on any atom is -0.478 e. The first-order valence-corrected chi connectivity index (χ1v) is 6.22. The van der Waals surface area contributed by atoms with Crippen LogP contribution < -0.4 is 0 Å². The van der Waals surface area contributed by atoms with Crippen molar-refractivity contribution in [2.45, 2.75) is 19.8 Å². The predicted molar refractivity (Wildman–Crippen MR) is 73.7 cm³/mol. The summed E-state index contributed by atoms with van der Waals surface area (Å²) in [7, 11) is 2.06. The van der Waals surface area contributed by atoms with Crippen LogP contribution in [0.25, 0.3) is 0 Å². The highest BCUT2D eigenvalue weighted by atomic mass is 16.4. The average Bonchev–Trinajstić information content (AvgIpc) is 2.37. The van der Waals surface area contributed by atoms with Crippen molar-refractivity contribution >= 4 is 5.97 Å². The van der Waals surface area contributed by atoms with Crippen LogP contribution in [0.2, 0.25) is 0 Å². The van der Waals surface area contributed by atoms with Crippen molar-refractivity contribution in [3.8, 4) is 0 Å². The molecule has 0 aliphatic carbocycles. The fourth-order valence-electron chi connectivity index (χ4n) is 1.67. The summed E-state index contributed by atoms with van der Waals surface area (Å²) in [6, 6.07) is 10.4. The van der Waals surface area contributed by atoms with Crippen molar-refractivity contribution in [1.82, 2.24) is 4.90 Å². The summed E-state index contributed by atoms with van der Waals surface area (Å²) >= 11 is 0. The molecule has 0 aromatic heterocycles. The highest BCUT2D eigenvalue weighted by molar-refractivity contribution is 5.85. The third-order valence-corrected chi connectivity index (χ3v) is 2.92. The van der Waals surface area contributed by atoms with Gasteiger partial charge in [0.1, 0.15) is 0 Å². The molecule has 0 heterocycles. The molecule has 0 atom stereocenters. The first kappa shape index (κ1) is 14.5. The molecule has 1 rings (SSSR count). The second-order valence-corrected chi connectivity index (χ2v) is 4.52. The Labute approximate surface area is 109 Å². The molecule has 3 heteroatoms. The second kappa shape index (κ2) is 7.67. The lowest BCUT2D eigenvalue weighted by Gasteiger charge is -2.15. The maximum atomic E-state index is 10.6. The van der Waals surface area contributed by atoms with Crippen LogP contribution in [0.3, 0.4) is 0 Å². The summed E-state index contributed by atoms with van der Waals surface area (Å²) in [6.07, 6.45) is 3.59. The van der Waals surface area contributed by atoms with Gasteiger partial charge >= 0.3 is 5.97 Å². The topological polar surface area (TPSA) is 40.5 Å². The lowest BCUT2D eigenvalue weighted by atomic mass is 10.1. The fraction of sp³-hybridized carbons (Fsp3) is 0.400. The van der Waals surface area contributed by atoms with E-state index in [4.69, 9.17) is 5.11 Å². The zero-order valence-electron chi connectivity index (χ0n) is 11.1. The van der Waals surface area contributed by atoms with E-state index in [0.29, 0.717) is 5.57 Å². The van der Waals surface area contributed by atoms with Gasteiger partial charge in [-0.1, -0.05) is 36.4 Å². The molecule has 0 aliphatic rings. The Bertz CT molecular complexity index is 398. The van der Waals surface area contributed by atoms with E-state index in [1.165, 1.54) is 5.56 Å². The third-order valence-electron chi connectivity index (χ3n) is 2.92. The Morgan fingerprint density at radius 2 is 1.94 bits per heavy atom. The number of carboxylic acid groups (broad SMARTS) is 1. The molecule has 0 radical (unpaired) electrons. The van der Waals surface area contributed by atoms with E-state index >= 15 is 0 Å². The van der Waals surface area contributed by atoms with Crippen molar-refractivity contribution in [2.24, 2.45) is 0 Å². The van der Waals surface area contributed by atoms with Gasteiger partial charge in [0.15, 0.2) is 0 Å².